The van der Waals surface area contributed by atoms with Crippen molar-refractivity contribution in [2.24, 2.45) is 5.92 Å². The number of nitro benzene ring substituents is 1. The standard InChI is InChI=1S/C13H15N3O4S/c14-8-12-2-1-7-15(9-12)21(19,20)10-11-3-5-13(6-4-11)16(17)18/h3-6,12H,1-2,7,9-10H2. The van der Waals surface area contributed by atoms with E-state index in [9.17, 15) is 18.5 Å². The van der Waals surface area contributed by atoms with Gasteiger partial charge in [0.15, 0.2) is 0 Å². The van der Waals surface area contributed by atoms with Crippen LogP contribution < -0.4 is 0 Å². The maximum Gasteiger partial charge on any atom is 0.269 e. The van der Waals surface area contributed by atoms with Gasteiger partial charge in [0.05, 0.1) is 22.7 Å². The molecule has 2 rings (SSSR count). The molecule has 1 aromatic carbocycles. The Morgan fingerprint density at radius 1 is 1.38 bits per heavy atom. The smallest absolute Gasteiger partial charge is 0.258 e. The Morgan fingerprint density at radius 3 is 2.62 bits per heavy atom. The highest BCUT2D eigenvalue weighted by Gasteiger charge is 2.29. The topological polar surface area (TPSA) is 104 Å². The number of nitrogens with zero attached hydrogens (tertiary/aromatic N) is 3. The van der Waals surface area contributed by atoms with E-state index in [1.54, 1.807) is 0 Å². The van der Waals surface area contributed by atoms with Crippen molar-refractivity contribution < 1.29 is 13.3 Å². The molecule has 0 bridgehead atoms. The van der Waals surface area contributed by atoms with Crippen molar-refractivity contribution in [1.82, 2.24) is 4.31 Å². The highest BCUT2D eigenvalue weighted by atomic mass is 32.2. The van der Waals surface area contributed by atoms with E-state index in [4.69, 9.17) is 5.26 Å². The number of non-ortho nitro benzene ring substituents is 1. The fourth-order valence-electron chi connectivity index (χ4n) is 2.32. The quantitative estimate of drug-likeness (QED) is 0.621. The minimum absolute atomic E-state index is 0.0707. The predicted octanol–water partition coefficient (Wildman–Crippen LogP) is 1.66. The summed E-state index contributed by atoms with van der Waals surface area (Å²) in [6.07, 6.45) is 1.40. The van der Waals surface area contributed by atoms with E-state index in [2.05, 4.69) is 6.07 Å². The SMILES string of the molecule is N#CC1CCCN(S(=O)(=O)Cc2ccc([N+](=O)[O-])cc2)C1. The number of sulfonamides is 1. The summed E-state index contributed by atoms with van der Waals surface area (Å²) in [7, 11) is -3.50. The van der Waals surface area contributed by atoms with Crippen LogP contribution in [0.4, 0.5) is 5.69 Å². The first-order valence-corrected chi connectivity index (χ1v) is 8.14. The Balaban J connectivity index is 2.10. The van der Waals surface area contributed by atoms with E-state index >= 15 is 0 Å². The van der Waals surface area contributed by atoms with Crippen molar-refractivity contribution in [1.29, 1.82) is 5.26 Å². The summed E-state index contributed by atoms with van der Waals surface area (Å²) in [5.74, 6) is -0.464. The summed E-state index contributed by atoms with van der Waals surface area (Å²) < 4.78 is 26.0. The highest BCUT2D eigenvalue weighted by Crippen LogP contribution is 2.21. The van der Waals surface area contributed by atoms with Crippen molar-refractivity contribution in [3.8, 4) is 6.07 Å². The molecule has 0 aliphatic carbocycles. The molecule has 7 nitrogen and oxygen atoms in total. The van der Waals surface area contributed by atoms with Crippen LogP contribution in [-0.4, -0.2) is 30.7 Å². The minimum atomic E-state index is -3.50. The van der Waals surface area contributed by atoms with Gasteiger partial charge >= 0.3 is 0 Å². The number of hydrogen-bond donors (Lipinski definition) is 0. The maximum absolute atomic E-state index is 12.3. The van der Waals surface area contributed by atoms with E-state index in [0.717, 1.165) is 6.42 Å². The summed E-state index contributed by atoms with van der Waals surface area (Å²) in [5.41, 5.74) is 0.429. The monoisotopic (exact) mass is 309 g/mol. The van der Waals surface area contributed by atoms with E-state index in [1.165, 1.54) is 28.6 Å². The highest BCUT2D eigenvalue weighted by molar-refractivity contribution is 7.88. The molecule has 112 valence electrons. The largest absolute Gasteiger partial charge is 0.269 e. The third-order valence-corrected chi connectivity index (χ3v) is 5.27. The third kappa shape index (κ3) is 3.77. The van der Waals surface area contributed by atoms with Crippen LogP contribution in [0.2, 0.25) is 0 Å². The van der Waals surface area contributed by atoms with Crippen molar-refractivity contribution >= 4 is 15.7 Å². The molecule has 8 heteroatoms. The number of hydrogen-bond acceptors (Lipinski definition) is 5. The normalized spacial score (nSPS) is 19.9. The van der Waals surface area contributed by atoms with Crippen LogP contribution in [0.5, 0.6) is 0 Å². The molecule has 1 aliphatic heterocycles. The molecule has 1 atom stereocenters. The summed E-state index contributed by atoms with van der Waals surface area (Å²) >= 11 is 0. The fraction of sp³-hybridized carbons (Fsp3) is 0.462. The van der Waals surface area contributed by atoms with E-state index < -0.39 is 14.9 Å². The minimum Gasteiger partial charge on any atom is -0.258 e. The lowest BCUT2D eigenvalue weighted by Gasteiger charge is -2.28. The van der Waals surface area contributed by atoms with Crippen LogP contribution in [0.1, 0.15) is 18.4 Å². The Morgan fingerprint density at radius 2 is 2.05 bits per heavy atom. The summed E-state index contributed by atoms with van der Waals surface area (Å²) in [4.78, 5) is 10.0. The predicted molar refractivity (Wildman–Crippen MR) is 75.6 cm³/mol. The summed E-state index contributed by atoms with van der Waals surface area (Å²) in [6.45, 7) is 0.652. The molecule has 1 heterocycles. The molecular formula is C13H15N3O4S. The Kier molecular flexibility index (Phi) is 4.55. The summed E-state index contributed by atoms with van der Waals surface area (Å²) in [6, 6.07) is 7.58. The van der Waals surface area contributed by atoms with Crippen molar-refractivity contribution in [2.45, 2.75) is 18.6 Å². The molecule has 0 N–H and O–H groups in total. The molecule has 21 heavy (non-hydrogen) atoms. The Bertz CT molecular complexity index is 664. The first kappa shape index (κ1) is 15.4. The van der Waals surface area contributed by atoms with Gasteiger partial charge in [0.2, 0.25) is 10.0 Å². The number of piperidine rings is 1. The number of benzene rings is 1. The van der Waals surface area contributed by atoms with Crippen molar-refractivity contribution in [3.05, 3.63) is 39.9 Å². The van der Waals surface area contributed by atoms with Crippen LogP contribution in [0, 0.1) is 27.4 Å². The van der Waals surface area contributed by atoms with Gasteiger partial charge in [-0.1, -0.05) is 12.1 Å². The second-order valence-electron chi connectivity index (χ2n) is 5.01. The van der Waals surface area contributed by atoms with E-state index in [0.29, 0.717) is 18.5 Å². The van der Waals surface area contributed by atoms with Crippen LogP contribution in [0.25, 0.3) is 0 Å². The van der Waals surface area contributed by atoms with Crippen molar-refractivity contribution in [2.75, 3.05) is 13.1 Å². The van der Waals surface area contributed by atoms with Crippen LogP contribution >= 0.6 is 0 Å². The molecular weight excluding hydrogens is 294 g/mol. The fourth-order valence-corrected chi connectivity index (χ4v) is 3.93. The molecule has 0 aromatic heterocycles. The van der Waals surface area contributed by atoms with Crippen LogP contribution in [0.15, 0.2) is 24.3 Å². The molecule has 0 spiro atoms. The number of nitriles is 1. The third-order valence-electron chi connectivity index (χ3n) is 3.46. The van der Waals surface area contributed by atoms with E-state index in [-0.39, 0.29) is 23.9 Å². The van der Waals surface area contributed by atoms with Gasteiger partial charge in [-0.15, -0.1) is 0 Å². The average molecular weight is 309 g/mol. The van der Waals surface area contributed by atoms with E-state index in [1.807, 2.05) is 0 Å². The van der Waals surface area contributed by atoms with Gasteiger partial charge < -0.3 is 0 Å². The van der Waals surface area contributed by atoms with Gasteiger partial charge in [-0.3, -0.25) is 10.1 Å². The summed E-state index contributed by atoms with van der Waals surface area (Å²) in [5, 5.41) is 19.5. The molecule has 1 aliphatic rings. The Labute approximate surface area is 123 Å². The first-order chi connectivity index (χ1) is 9.92. The zero-order valence-electron chi connectivity index (χ0n) is 11.3. The number of nitro groups is 1. The second-order valence-corrected chi connectivity index (χ2v) is 6.97. The molecule has 1 saturated heterocycles. The molecule has 0 radical (unpaired) electrons. The molecule has 1 unspecified atom stereocenters. The molecule has 0 saturated carbocycles. The zero-order valence-corrected chi connectivity index (χ0v) is 12.1. The van der Waals surface area contributed by atoms with Crippen LogP contribution in [0.3, 0.4) is 0 Å². The zero-order chi connectivity index (χ0) is 15.5. The molecule has 1 aromatic rings. The van der Waals surface area contributed by atoms with Crippen molar-refractivity contribution in [3.63, 3.8) is 0 Å². The second kappa shape index (κ2) is 6.20. The number of rotatable bonds is 4. The molecule has 1 fully saturated rings. The lowest BCUT2D eigenvalue weighted by molar-refractivity contribution is -0.384. The lowest BCUT2D eigenvalue weighted by atomic mass is 10.0. The van der Waals surface area contributed by atoms with Gasteiger partial charge in [0.1, 0.15) is 0 Å². The van der Waals surface area contributed by atoms with Gasteiger partial charge in [0.25, 0.3) is 5.69 Å². The van der Waals surface area contributed by atoms with Gasteiger partial charge in [-0.25, -0.2) is 12.7 Å². The lowest BCUT2D eigenvalue weighted by Crippen LogP contribution is -2.40. The molecule has 0 amide bonds. The first-order valence-electron chi connectivity index (χ1n) is 6.53. The van der Waals surface area contributed by atoms with Crippen LogP contribution in [-0.2, 0) is 15.8 Å². The Hall–Kier alpha value is -1.98. The van der Waals surface area contributed by atoms with Gasteiger partial charge in [-0.2, -0.15) is 5.26 Å². The van der Waals surface area contributed by atoms with Gasteiger partial charge in [-0.05, 0) is 18.4 Å². The van der Waals surface area contributed by atoms with Gasteiger partial charge in [0, 0.05) is 25.2 Å². The average Bonchev–Trinajstić information content (AvgIpc) is 2.47. The maximum atomic E-state index is 12.3.